The standard InChI is InChI=1S/C22H23ClN4O3S/c23-19-7-8-21(27-12-4-11-24-27)20(15-19)25-22(28)18-9-13-26(14-10-18)31(29,30)16-17-5-2-1-3-6-17/h1-8,11-12,15,18H,9-10,13-14,16H2,(H,25,28). The summed E-state index contributed by atoms with van der Waals surface area (Å²) in [4.78, 5) is 12.9. The molecule has 31 heavy (non-hydrogen) atoms. The van der Waals surface area contributed by atoms with E-state index < -0.39 is 10.0 Å². The molecule has 1 aromatic heterocycles. The molecule has 7 nitrogen and oxygen atoms in total. The summed E-state index contributed by atoms with van der Waals surface area (Å²) < 4.78 is 28.6. The van der Waals surface area contributed by atoms with Crippen LogP contribution in [0.5, 0.6) is 0 Å². The predicted molar refractivity (Wildman–Crippen MR) is 121 cm³/mol. The fraction of sp³-hybridized carbons (Fsp3) is 0.273. The van der Waals surface area contributed by atoms with E-state index in [9.17, 15) is 13.2 Å². The zero-order chi connectivity index (χ0) is 21.8. The molecule has 1 aliphatic heterocycles. The highest BCUT2D eigenvalue weighted by molar-refractivity contribution is 7.88. The SMILES string of the molecule is O=C(Nc1cc(Cl)ccc1-n1cccn1)C1CCN(S(=O)(=O)Cc2ccccc2)CC1. The van der Waals surface area contributed by atoms with E-state index in [1.54, 1.807) is 53.5 Å². The van der Waals surface area contributed by atoms with Crippen LogP contribution in [0.25, 0.3) is 5.69 Å². The van der Waals surface area contributed by atoms with E-state index in [-0.39, 0.29) is 17.6 Å². The summed E-state index contributed by atoms with van der Waals surface area (Å²) in [7, 11) is -3.41. The Bertz CT molecular complexity index is 1140. The van der Waals surface area contributed by atoms with Crippen LogP contribution in [0.4, 0.5) is 5.69 Å². The summed E-state index contributed by atoms with van der Waals surface area (Å²) in [5, 5.41) is 7.67. The second-order valence-corrected chi connectivity index (χ2v) is 9.92. The number of amides is 1. The molecular formula is C22H23ClN4O3S. The van der Waals surface area contributed by atoms with Gasteiger partial charge in [0.15, 0.2) is 0 Å². The number of aromatic nitrogens is 2. The highest BCUT2D eigenvalue weighted by Gasteiger charge is 2.31. The number of hydrogen-bond acceptors (Lipinski definition) is 4. The number of rotatable bonds is 6. The van der Waals surface area contributed by atoms with Gasteiger partial charge >= 0.3 is 0 Å². The smallest absolute Gasteiger partial charge is 0.227 e. The van der Waals surface area contributed by atoms with Gasteiger partial charge in [0, 0.05) is 36.4 Å². The van der Waals surface area contributed by atoms with Gasteiger partial charge in [-0.1, -0.05) is 41.9 Å². The third kappa shape index (κ3) is 5.15. The monoisotopic (exact) mass is 458 g/mol. The van der Waals surface area contributed by atoms with E-state index >= 15 is 0 Å². The maximum atomic E-state index is 12.9. The molecular weight excluding hydrogens is 436 g/mol. The number of benzene rings is 2. The van der Waals surface area contributed by atoms with Crippen LogP contribution in [0.2, 0.25) is 5.02 Å². The van der Waals surface area contributed by atoms with Gasteiger partial charge in [-0.15, -0.1) is 0 Å². The van der Waals surface area contributed by atoms with Gasteiger partial charge in [-0.2, -0.15) is 5.10 Å². The number of sulfonamides is 1. The van der Waals surface area contributed by atoms with Crippen LogP contribution in [-0.2, 0) is 20.6 Å². The van der Waals surface area contributed by atoms with Gasteiger partial charge in [-0.25, -0.2) is 17.4 Å². The maximum Gasteiger partial charge on any atom is 0.227 e. The van der Waals surface area contributed by atoms with Crippen molar-refractivity contribution in [3.05, 3.63) is 77.6 Å². The minimum atomic E-state index is -3.41. The largest absolute Gasteiger partial charge is 0.324 e. The molecule has 1 fully saturated rings. The van der Waals surface area contributed by atoms with Crippen LogP contribution in [0.3, 0.4) is 0 Å². The second-order valence-electron chi connectivity index (χ2n) is 7.52. The number of anilines is 1. The van der Waals surface area contributed by atoms with Crippen molar-refractivity contribution in [1.82, 2.24) is 14.1 Å². The van der Waals surface area contributed by atoms with E-state index in [0.29, 0.717) is 42.3 Å². The Labute approximate surface area is 186 Å². The minimum Gasteiger partial charge on any atom is -0.324 e. The number of carbonyl (C=O) groups excluding carboxylic acids is 1. The Morgan fingerprint density at radius 2 is 1.84 bits per heavy atom. The summed E-state index contributed by atoms with van der Waals surface area (Å²) >= 11 is 6.13. The van der Waals surface area contributed by atoms with Crippen molar-refractivity contribution in [3.8, 4) is 5.69 Å². The van der Waals surface area contributed by atoms with Crippen LogP contribution in [0.15, 0.2) is 67.0 Å². The van der Waals surface area contributed by atoms with Crippen LogP contribution in [-0.4, -0.2) is 41.5 Å². The van der Waals surface area contributed by atoms with Crippen molar-refractivity contribution in [2.75, 3.05) is 18.4 Å². The number of carbonyl (C=O) groups is 1. The van der Waals surface area contributed by atoms with Crippen LogP contribution in [0, 0.1) is 5.92 Å². The molecule has 0 unspecified atom stereocenters. The van der Waals surface area contributed by atoms with Crippen molar-refractivity contribution in [3.63, 3.8) is 0 Å². The minimum absolute atomic E-state index is 0.0273. The number of halogens is 1. The Morgan fingerprint density at radius 1 is 1.10 bits per heavy atom. The average molecular weight is 459 g/mol. The first-order valence-corrected chi connectivity index (χ1v) is 12.0. The Morgan fingerprint density at radius 3 is 2.52 bits per heavy atom. The summed E-state index contributed by atoms with van der Waals surface area (Å²) in [6.45, 7) is 0.656. The molecule has 3 aromatic rings. The van der Waals surface area contributed by atoms with Gasteiger partial charge < -0.3 is 5.32 Å². The van der Waals surface area contributed by atoms with Gasteiger partial charge in [-0.3, -0.25) is 4.79 Å². The lowest BCUT2D eigenvalue weighted by Gasteiger charge is -2.30. The van der Waals surface area contributed by atoms with Crippen LogP contribution >= 0.6 is 11.6 Å². The zero-order valence-electron chi connectivity index (χ0n) is 16.8. The first-order chi connectivity index (χ1) is 14.9. The molecule has 0 bridgehead atoms. The fourth-order valence-corrected chi connectivity index (χ4v) is 5.46. The van der Waals surface area contributed by atoms with Gasteiger partial charge in [0.2, 0.25) is 15.9 Å². The van der Waals surface area contributed by atoms with Crippen LogP contribution < -0.4 is 5.32 Å². The first-order valence-electron chi connectivity index (χ1n) is 10.0. The summed E-state index contributed by atoms with van der Waals surface area (Å²) in [5.74, 6) is -0.441. The maximum absolute atomic E-state index is 12.9. The number of nitrogens with zero attached hydrogens (tertiary/aromatic N) is 3. The van der Waals surface area contributed by atoms with E-state index in [2.05, 4.69) is 10.4 Å². The Kier molecular flexibility index (Phi) is 6.41. The quantitative estimate of drug-likeness (QED) is 0.610. The molecule has 2 heterocycles. The lowest BCUT2D eigenvalue weighted by molar-refractivity contribution is -0.120. The molecule has 9 heteroatoms. The topological polar surface area (TPSA) is 84.3 Å². The third-order valence-corrected chi connectivity index (χ3v) is 7.46. The number of piperidine rings is 1. The van der Waals surface area contributed by atoms with Crippen molar-refractivity contribution < 1.29 is 13.2 Å². The predicted octanol–water partition coefficient (Wildman–Crippen LogP) is 3.71. The average Bonchev–Trinajstić information content (AvgIpc) is 3.29. The van der Waals surface area contributed by atoms with Gasteiger partial charge in [-0.05, 0) is 42.7 Å². The van der Waals surface area contributed by atoms with Gasteiger partial charge in [0.1, 0.15) is 0 Å². The van der Waals surface area contributed by atoms with Gasteiger partial charge in [0.25, 0.3) is 0 Å². The molecule has 1 aliphatic rings. The first kappa shape index (κ1) is 21.5. The van der Waals surface area contributed by atoms with E-state index in [1.807, 2.05) is 18.2 Å². The molecule has 2 aromatic carbocycles. The Balaban J connectivity index is 1.40. The van der Waals surface area contributed by atoms with E-state index in [1.165, 1.54) is 4.31 Å². The molecule has 4 rings (SSSR count). The zero-order valence-corrected chi connectivity index (χ0v) is 18.4. The van der Waals surface area contributed by atoms with E-state index in [0.717, 1.165) is 5.56 Å². The molecule has 1 amide bonds. The lowest BCUT2D eigenvalue weighted by Crippen LogP contribution is -2.41. The molecule has 162 valence electrons. The lowest BCUT2D eigenvalue weighted by atomic mass is 9.97. The highest BCUT2D eigenvalue weighted by atomic mass is 35.5. The molecule has 0 spiro atoms. The number of nitrogens with one attached hydrogen (secondary N) is 1. The summed E-state index contributed by atoms with van der Waals surface area (Å²) in [5.41, 5.74) is 2.04. The van der Waals surface area contributed by atoms with Crippen molar-refractivity contribution in [1.29, 1.82) is 0 Å². The van der Waals surface area contributed by atoms with E-state index in [4.69, 9.17) is 11.6 Å². The highest BCUT2D eigenvalue weighted by Crippen LogP contribution is 2.27. The molecule has 0 radical (unpaired) electrons. The molecule has 0 atom stereocenters. The van der Waals surface area contributed by atoms with Crippen molar-refractivity contribution in [2.24, 2.45) is 5.92 Å². The van der Waals surface area contributed by atoms with Crippen molar-refractivity contribution in [2.45, 2.75) is 18.6 Å². The molecule has 0 saturated carbocycles. The van der Waals surface area contributed by atoms with Crippen molar-refractivity contribution >= 4 is 33.2 Å². The molecule has 1 saturated heterocycles. The second kappa shape index (κ2) is 9.21. The van der Waals surface area contributed by atoms with Gasteiger partial charge in [0.05, 0.1) is 17.1 Å². The van der Waals surface area contributed by atoms with Crippen LogP contribution in [0.1, 0.15) is 18.4 Å². The molecule has 1 N–H and O–H groups in total. The molecule has 0 aliphatic carbocycles. The summed E-state index contributed by atoms with van der Waals surface area (Å²) in [6.07, 6.45) is 4.38. The summed E-state index contributed by atoms with van der Waals surface area (Å²) in [6, 6.07) is 16.1. The number of hydrogen-bond donors (Lipinski definition) is 1. The Hall–Kier alpha value is -2.68. The normalized spacial score (nSPS) is 15.6. The third-order valence-electron chi connectivity index (χ3n) is 5.38. The fourth-order valence-electron chi connectivity index (χ4n) is 3.73.